The number of ether oxygens (including phenoxy) is 2. The highest BCUT2D eigenvalue weighted by Gasteiger charge is 2.15. The zero-order valence-electron chi connectivity index (χ0n) is 10.9. The number of anilines is 1. The first-order valence-corrected chi connectivity index (χ1v) is 5.80. The lowest BCUT2D eigenvalue weighted by Crippen LogP contribution is -2.03. The van der Waals surface area contributed by atoms with Crippen molar-refractivity contribution in [2.75, 3.05) is 19.5 Å². The molecule has 0 amide bonds. The molecule has 20 heavy (non-hydrogen) atoms. The topological polar surface area (TPSA) is 74.7 Å². The summed E-state index contributed by atoms with van der Waals surface area (Å²) in [6, 6.07) is 8.30. The SMILES string of the molecule is C#CCOC(=O)c1ccc(-c2cc(N)ccc2OC)o1. The van der Waals surface area contributed by atoms with Crippen molar-refractivity contribution >= 4 is 11.7 Å². The number of nitrogens with two attached hydrogens (primary N) is 1. The van der Waals surface area contributed by atoms with E-state index < -0.39 is 5.97 Å². The molecule has 0 aliphatic carbocycles. The molecule has 0 saturated carbocycles. The van der Waals surface area contributed by atoms with E-state index in [1.807, 2.05) is 0 Å². The number of terminal acetylenes is 1. The Labute approximate surface area is 116 Å². The van der Waals surface area contributed by atoms with Crippen LogP contribution in [0, 0.1) is 12.3 Å². The van der Waals surface area contributed by atoms with Gasteiger partial charge in [0.1, 0.15) is 11.5 Å². The fraction of sp³-hybridized carbons (Fsp3) is 0.133. The second-order valence-corrected chi connectivity index (χ2v) is 3.90. The van der Waals surface area contributed by atoms with E-state index in [9.17, 15) is 4.79 Å². The minimum Gasteiger partial charge on any atom is -0.496 e. The average Bonchev–Trinajstić information content (AvgIpc) is 2.94. The number of benzene rings is 1. The van der Waals surface area contributed by atoms with Gasteiger partial charge in [-0.25, -0.2) is 4.79 Å². The van der Waals surface area contributed by atoms with E-state index >= 15 is 0 Å². The van der Waals surface area contributed by atoms with E-state index in [2.05, 4.69) is 5.92 Å². The quantitative estimate of drug-likeness (QED) is 0.524. The lowest BCUT2D eigenvalue weighted by molar-refractivity contribution is 0.0521. The van der Waals surface area contributed by atoms with E-state index in [1.165, 1.54) is 6.07 Å². The van der Waals surface area contributed by atoms with Crippen LogP contribution < -0.4 is 10.5 Å². The second kappa shape index (κ2) is 5.85. The van der Waals surface area contributed by atoms with Crippen molar-refractivity contribution in [3.8, 4) is 29.4 Å². The van der Waals surface area contributed by atoms with Crippen LogP contribution in [0.4, 0.5) is 5.69 Å². The van der Waals surface area contributed by atoms with Crippen molar-refractivity contribution < 1.29 is 18.7 Å². The van der Waals surface area contributed by atoms with Crippen LogP contribution >= 0.6 is 0 Å². The normalized spacial score (nSPS) is 9.80. The van der Waals surface area contributed by atoms with Crippen molar-refractivity contribution in [1.82, 2.24) is 0 Å². The first-order valence-electron chi connectivity index (χ1n) is 5.80. The molecule has 5 nitrogen and oxygen atoms in total. The maximum Gasteiger partial charge on any atom is 0.375 e. The summed E-state index contributed by atoms with van der Waals surface area (Å²) in [4.78, 5) is 11.6. The van der Waals surface area contributed by atoms with E-state index in [-0.39, 0.29) is 12.4 Å². The molecule has 0 aliphatic heterocycles. The molecule has 102 valence electrons. The second-order valence-electron chi connectivity index (χ2n) is 3.90. The van der Waals surface area contributed by atoms with Gasteiger partial charge in [0.15, 0.2) is 6.61 Å². The van der Waals surface area contributed by atoms with Gasteiger partial charge in [0, 0.05) is 5.69 Å². The number of furan rings is 1. The monoisotopic (exact) mass is 271 g/mol. The first-order chi connectivity index (χ1) is 9.65. The summed E-state index contributed by atoms with van der Waals surface area (Å²) >= 11 is 0. The van der Waals surface area contributed by atoms with Gasteiger partial charge in [-0.15, -0.1) is 6.42 Å². The Hall–Kier alpha value is -2.87. The largest absolute Gasteiger partial charge is 0.496 e. The van der Waals surface area contributed by atoms with Gasteiger partial charge in [0.2, 0.25) is 5.76 Å². The molecule has 1 heterocycles. The van der Waals surface area contributed by atoms with Crippen molar-refractivity contribution in [2.45, 2.75) is 0 Å². The minimum atomic E-state index is -0.614. The standard InChI is InChI=1S/C15H13NO4/c1-3-8-19-15(17)14-7-6-13(20-14)11-9-10(16)4-5-12(11)18-2/h1,4-7,9H,8,16H2,2H3. The van der Waals surface area contributed by atoms with Crippen molar-refractivity contribution in [3.05, 3.63) is 36.1 Å². The van der Waals surface area contributed by atoms with Crippen LogP contribution in [0.3, 0.4) is 0 Å². The number of rotatable bonds is 4. The number of hydrogen-bond acceptors (Lipinski definition) is 5. The molecule has 2 aromatic rings. The molecule has 0 unspecified atom stereocenters. The minimum absolute atomic E-state index is 0.0692. The van der Waals surface area contributed by atoms with Crippen molar-refractivity contribution in [3.63, 3.8) is 0 Å². The highest BCUT2D eigenvalue weighted by Crippen LogP contribution is 2.33. The Morgan fingerprint density at radius 2 is 2.20 bits per heavy atom. The molecule has 2 N–H and O–H groups in total. The van der Waals surface area contributed by atoms with Crippen LogP contribution in [-0.2, 0) is 4.74 Å². The molecule has 1 aromatic carbocycles. The van der Waals surface area contributed by atoms with Crippen LogP contribution in [0.1, 0.15) is 10.6 Å². The Morgan fingerprint density at radius 3 is 2.90 bits per heavy atom. The van der Waals surface area contributed by atoms with Gasteiger partial charge in [0.25, 0.3) is 0 Å². The predicted molar refractivity (Wildman–Crippen MR) is 74.2 cm³/mol. The Morgan fingerprint density at radius 1 is 1.40 bits per heavy atom. The van der Waals surface area contributed by atoms with Gasteiger partial charge in [-0.2, -0.15) is 0 Å². The van der Waals surface area contributed by atoms with Crippen LogP contribution in [0.15, 0.2) is 34.7 Å². The molecule has 0 bridgehead atoms. The molecule has 0 atom stereocenters. The molecule has 5 heteroatoms. The van der Waals surface area contributed by atoms with Gasteiger partial charge in [-0.1, -0.05) is 5.92 Å². The maximum atomic E-state index is 11.6. The number of hydrogen-bond donors (Lipinski definition) is 1. The Balaban J connectivity index is 2.31. The van der Waals surface area contributed by atoms with Crippen molar-refractivity contribution in [1.29, 1.82) is 0 Å². The summed E-state index contributed by atoms with van der Waals surface area (Å²) in [6.45, 7) is -0.101. The van der Waals surface area contributed by atoms with Crippen LogP contribution in [0.5, 0.6) is 5.75 Å². The Kier molecular flexibility index (Phi) is 3.96. The highest BCUT2D eigenvalue weighted by atomic mass is 16.5. The third-order valence-electron chi connectivity index (χ3n) is 2.58. The van der Waals surface area contributed by atoms with Crippen molar-refractivity contribution in [2.24, 2.45) is 0 Å². The number of methoxy groups -OCH3 is 1. The van der Waals surface area contributed by atoms with Crippen LogP contribution in [0.25, 0.3) is 11.3 Å². The fourth-order valence-electron chi connectivity index (χ4n) is 1.69. The van der Waals surface area contributed by atoms with Gasteiger partial charge < -0.3 is 19.6 Å². The third-order valence-corrected chi connectivity index (χ3v) is 2.58. The Bertz CT molecular complexity index is 667. The lowest BCUT2D eigenvalue weighted by atomic mass is 10.1. The molecule has 0 radical (unpaired) electrons. The fourth-order valence-corrected chi connectivity index (χ4v) is 1.69. The van der Waals surface area contributed by atoms with Gasteiger partial charge >= 0.3 is 5.97 Å². The van der Waals surface area contributed by atoms with E-state index in [0.717, 1.165) is 0 Å². The molecule has 2 rings (SSSR count). The molecular weight excluding hydrogens is 258 g/mol. The zero-order chi connectivity index (χ0) is 14.5. The summed E-state index contributed by atoms with van der Waals surface area (Å²) in [7, 11) is 1.54. The number of esters is 1. The van der Waals surface area contributed by atoms with Gasteiger partial charge in [0.05, 0.1) is 12.7 Å². The summed E-state index contributed by atoms with van der Waals surface area (Å²) in [5.74, 6) is 2.72. The smallest absolute Gasteiger partial charge is 0.375 e. The molecular formula is C15H13NO4. The van der Waals surface area contributed by atoms with E-state index in [1.54, 1.807) is 31.4 Å². The van der Waals surface area contributed by atoms with Crippen LogP contribution in [0.2, 0.25) is 0 Å². The first kappa shape index (κ1) is 13.6. The number of carbonyl (C=O) groups excluding carboxylic acids is 1. The van der Waals surface area contributed by atoms with Gasteiger partial charge in [-0.05, 0) is 30.3 Å². The number of nitrogen functional groups attached to an aromatic ring is 1. The summed E-state index contributed by atoms with van der Waals surface area (Å²) < 4.78 is 15.5. The van der Waals surface area contributed by atoms with Gasteiger partial charge in [-0.3, -0.25) is 0 Å². The molecule has 0 fully saturated rings. The van der Waals surface area contributed by atoms with E-state index in [0.29, 0.717) is 22.8 Å². The maximum absolute atomic E-state index is 11.6. The highest BCUT2D eigenvalue weighted by molar-refractivity contribution is 5.87. The molecule has 0 aliphatic rings. The predicted octanol–water partition coefficient (Wildman–Crippen LogP) is 2.33. The lowest BCUT2D eigenvalue weighted by Gasteiger charge is -2.06. The zero-order valence-corrected chi connectivity index (χ0v) is 10.9. The third kappa shape index (κ3) is 2.75. The molecule has 1 aromatic heterocycles. The van der Waals surface area contributed by atoms with Crippen LogP contribution in [-0.4, -0.2) is 19.7 Å². The number of carbonyl (C=O) groups is 1. The van der Waals surface area contributed by atoms with E-state index in [4.69, 9.17) is 26.0 Å². The molecule has 0 spiro atoms. The summed E-state index contributed by atoms with van der Waals surface area (Å²) in [6.07, 6.45) is 5.02. The molecule has 0 saturated heterocycles. The summed E-state index contributed by atoms with van der Waals surface area (Å²) in [5.41, 5.74) is 6.96. The average molecular weight is 271 g/mol. The summed E-state index contributed by atoms with van der Waals surface area (Å²) in [5, 5.41) is 0.